The van der Waals surface area contributed by atoms with Crippen LogP contribution in [0.2, 0.25) is 5.15 Å². The largest absolute Gasteiger partial charge is 0.439 e. The number of aromatic nitrogens is 2. The average molecular weight is 303 g/mol. The molecule has 1 fully saturated rings. The first kappa shape index (κ1) is 14.3. The Labute approximate surface area is 130 Å². The molecule has 0 saturated heterocycles. The van der Waals surface area contributed by atoms with Crippen LogP contribution in [-0.4, -0.2) is 9.97 Å². The standard InChI is InChI=1S/C17H19ClN2O/c1-3-11(2)12-6-8-14(9-7-12)21-16-10-15(18)19-17(20-16)13-4-5-13/h6-11,13H,3-5H2,1-2H3. The molecule has 0 spiro atoms. The molecular weight excluding hydrogens is 284 g/mol. The van der Waals surface area contributed by atoms with E-state index in [-0.39, 0.29) is 0 Å². The highest BCUT2D eigenvalue weighted by Crippen LogP contribution is 2.39. The summed E-state index contributed by atoms with van der Waals surface area (Å²) in [6.07, 6.45) is 3.42. The summed E-state index contributed by atoms with van der Waals surface area (Å²) in [5.74, 6) is 3.12. The highest BCUT2D eigenvalue weighted by Gasteiger charge is 2.27. The van der Waals surface area contributed by atoms with Crippen molar-refractivity contribution in [3.63, 3.8) is 0 Å². The fourth-order valence-corrected chi connectivity index (χ4v) is 2.39. The molecule has 21 heavy (non-hydrogen) atoms. The van der Waals surface area contributed by atoms with Gasteiger partial charge in [-0.25, -0.2) is 4.98 Å². The van der Waals surface area contributed by atoms with E-state index in [9.17, 15) is 0 Å². The Bertz CT molecular complexity index is 623. The summed E-state index contributed by atoms with van der Waals surface area (Å²) in [5, 5.41) is 0.443. The molecule has 110 valence electrons. The van der Waals surface area contributed by atoms with Crippen LogP contribution in [-0.2, 0) is 0 Å². The maximum atomic E-state index is 6.04. The van der Waals surface area contributed by atoms with E-state index in [2.05, 4.69) is 35.9 Å². The third kappa shape index (κ3) is 3.53. The maximum absolute atomic E-state index is 6.04. The van der Waals surface area contributed by atoms with Gasteiger partial charge in [0.05, 0.1) is 0 Å². The SMILES string of the molecule is CCC(C)c1ccc(Oc2cc(Cl)nc(C3CC3)n2)cc1. The molecule has 1 heterocycles. The van der Waals surface area contributed by atoms with Gasteiger partial charge in [0.25, 0.3) is 0 Å². The van der Waals surface area contributed by atoms with E-state index in [1.165, 1.54) is 5.56 Å². The van der Waals surface area contributed by atoms with Gasteiger partial charge >= 0.3 is 0 Å². The zero-order chi connectivity index (χ0) is 14.8. The zero-order valence-corrected chi connectivity index (χ0v) is 13.1. The molecule has 1 saturated carbocycles. The predicted octanol–water partition coefficient (Wildman–Crippen LogP) is 5.31. The Morgan fingerprint density at radius 2 is 1.95 bits per heavy atom. The molecule has 1 atom stereocenters. The lowest BCUT2D eigenvalue weighted by Gasteiger charge is -2.10. The highest BCUT2D eigenvalue weighted by atomic mass is 35.5. The van der Waals surface area contributed by atoms with Crippen LogP contribution in [0.3, 0.4) is 0 Å². The van der Waals surface area contributed by atoms with Crippen LogP contribution in [0.25, 0.3) is 0 Å². The molecule has 0 bridgehead atoms. The van der Waals surface area contributed by atoms with E-state index >= 15 is 0 Å². The molecular formula is C17H19ClN2O. The molecule has 2 aromatic rings. The van der Waals surface area contributed by atoms with Gasteiger partial charge in [-0.05, 0) is 42.9 Å². The summed E-state index contributed by atoms with van der Waals surface area (Å²) >= 11 is 6.04. The fourth-order valence-electron chi connectivity index (χ4n) is 2.21. The van der Waals surface area contributed by atoms with Crippen molar-refractivity contribution in [3.8, 4) is 11.6 Å². The Morgan fingerprint density at radius 1 is 1.24 bits per heavy atom. The van der Waals surface area contributed by atoms with Crippen molar-refractivity contribution in [3.05, 3.63) is 46.9 Å². The zero-order valence-electron chi connectivity index (χ0n) is 12.3. The third-order valence-corrected chi connectivity index (χ3v) is 4.11. The first-order valence-electron chi connectivity index (χ1n) is 7.48. The van der Waals surface area contributed by atoms with Crippen molar-refractivity contribution in [1.82, 2.24) is 9.97 Å². The second-order valence-electron chi connectivity index (χ2n) is 5.64. The number of nitrogens with zero attached hydrogens (tertiary/aromatic N) is 2. The van der Waals surface area contributed by atoms with Crippen LogP contribution >= 0.6 is 11.6 Å². The second-order valence-corrected chi connectivity index (χ2v) is 6.03. The summed E-state index contributed by atoms with van der Waals surface area (Å²) in [7, 11) is 0. The monoisotopic (exact) mass is 302 g/mol. The van der Waals surface area contributed by atoms with Crippen molar-refractivity contribution in [2.45, 2.75) is 44.9 Å². The lowest BCUT2D eigenvalue weighted by molar-refractivity contribution is 0.458. The topological polar surface area (TPSA) is 35.0 Å². The minimum absolute atomic E-state index is 0.443. The van der Waals surface area contributed by atoms with E-state index in [0.717, 1.165) is 30.8 Å². The molecule has 3 rings (SSSR count). The van der Waals surface area contributed by atoms with Gasteiger partial charge in [0.15, 0.2) is 0 Å². The van der Waals surface area contributed by atoms with E-state index < -0.39 is 0 Å². The van der Waals surface area contributed by atoms with Crippen LogP contribution in [0.5, 0.6) is 11.6 Å². The second kappa shape index (κ2) is 6.02. The summed E-state index contributed by atoms with van der Waals surface area (Å²) in [4.78, 5) is 8.71. The fraction of sp³-hybridized carbons (Fsp3) is 0.412. The highest BCUT2D eigenvalue weighted by molar-refractivity contribution is 6.29. The number of ether oxygens (including phenoxy) is 1. The van der Waals surface area contributed by atoms with Gasteiger partial charge in [-0.2, -0.15) is 4.98 Å². The molecule has 1 unspecified atom stereocenters. The van der Waals surface area contributed by atoms with Crippen molar-refractivity contribution in [2.24, 2.45) is 0 Å². The summed E-state index contributed by atoms with van der Waals surface area (Å²) in [6.45, 7) is 4.42. The number of rotatable bonds is 5. The van der Waals surface area contributed by atoms with Crippen LogP contribution in [0, 0.1) is 0 Å². The van der Waals surface area contributed by atoms with Gasteiger partial charge in [-0.15, -0.1) is 0 Å². The van der Waals surface area contributed by atoms with E-state index in [0.29, 0.717) is 22.9 Å². The number of hydrogen-bond donors (Lipinski definition) is 0. The van der Waals surface area contributed by atoms with Gasteiger partial charge in [-0.1, -0.05) is 37.6 Å². The Morgan fingerprint density at radius 3 is 2.57 bits per heavy atom. The molecule has 1 aromatic heterocycles. The van der Waals surface area contributed by atoms with E-state index in [4.69, 9.17) is 16.3 Å². The van der Waals surface area contributed by atoms with Gasteiger partial charge in [0.1, 0.15) is 16.7 Å². The Balaban J connectivity index is 1.76. The first-order chi connectivity index (χ1) is 10.2. The Kier molecular flexibility index (Phi) is 4.11. The lowest BCUT2D eigenvalue weighted by Crippen LogP contribution is -1.97. The normalized spacial score (nSPS) is 15.8. The number of halogens is 1. The molecule has 3 nitrogen and oxygen atoms in total. The summed E-state index contributed by atoms with van der Waals surface area (Å²) in [5.41, 5.74) is 1.32. The lowest BCUT2D eigenvalue weighted by atomic mass is 9.99. The van der Waals surface area contributed by atoms with Gasteiger partial charge in [0, 0.05) is 12.0 Å². The van der Waals surface area contributed by atoms with Crippen LogP contribution in [0.1, 0.15) is 56.3 Å². The van der Waals surface area contributed by atoms with Crippen molar-refractivity contribution in [2.75, 3.05) is 0 Å². The van der Waals surface area contributed by atoms with E-state index in [1.807, 2.05) is 12.1 Å². The molecule has 0 aliphatic heterocycles. The average Bonchev–Trinajstić information content (AvgIpc) is 3.31. The molecule has 0 N–H and O–H groups in total. The van der Waals surface area contributed by atoms with Gasteiger partial charge < -0.3 is 4.74 Å². The molecule has 1 aliphatic rings. The predicted molar refractivity (Wildman–Crippen MR) is 84.2 cm³/mol. The molecule has 0 radical (unpaired) electrons. The van der Waals surface area contributed by atoms with Crippen molar-refractivity contribution < 1.29 is 4.74 Å². The van der Waals surface area contributed by atoms with Crippen molar-refractivity contribution in [1.29, 1.82) is 0 Å². The van der Waals surface area contributed by atoms with E-state index in [1.54, 1.807) is 6.07 Å². The van der Waals surface area contributed by atoms with Gasteiger partial charge in [-0.3, -0.25) is 0 Å². The number of benzene rings is 1. The smallest absolute Gasteiger partial charge is 0.224 e. The first-order valence-corrected chi connectivity index (χ1v) is 7.85. The third-order valence-electron chi connectivity index (χ3n) is 3.92. The maximum Gasteiger partial charge on any atom is 0.224 e. The molecule has 1 aliphatic carbocycles. The number of hydrogen-bond acceptors (Lipinski definition) is 3. The quantitative estimate of drug-likeness (QED) is 0.702. The minimum atomic E-state index is 0.443. The van der Waals surface area contributed by atoms with Gasteiger partial charge in [0.2, 0.25) is 5.88 Å². The van der Waals surface area contributed by atoms with Crippen molar-refractivity contribution >= 4 is 11.6 Å². The molecule has 4 heteroatoms. The summed E-state index contributed by atoms with van der Waals surface area (Å²) in [6, 6.07) is 9.83. The van der Waals surface area contributed by atoms with Crippen LogP contribution in [0.4, 0.5) is 0 Å². The Hall–Kier alpha value is -1.61. The summed E-state index contributed by atoms with van der Waals surface area (Å²) < 4.78 is 5.81. The van der Waals surface area contributed by atoms with Crippen LogP contribution < -0.4 is 4.74 Å². The molecule has 1 aromatic carbocycles. The minimum Gasteiger partial charge on any atom is -0.439 e. The molecule has 0 amide bonds. The van der Waals surface area contributed by atoms with Crippen LogP contribution in [0.15, 0.2) is 30.3 Å².